The van der Waals surface area contributed by atoms with Gasteiger partial charge in [-0.2, -0.15) is 5.10 Å². The molecule has 4 rings (SSSR count). The van der Waals surface area contributed by atoms with Crippen LogP contribution in [-0.2, 0) is 16.1 Å². The van der Waals surface area contributed by atoms with Crippen LogP contribution in [0.2, 0.25) is 0 Å². The van der Waals surface area contributed by atoms with E-state index < -0.39 is 0 Å². The van der Waals surface area contributed by atoms with Gasteiger partial charge in [-0.25, -0.2) is 4.68 Å². The number of hydrogen-bond donors (Lipinski definition) is 0. The second-order valence-corrected chi connectivity index (χ2v) is 7.59. The molecular weight excluding hydrogens is 330 g/mol. The van der Waals surface area contributed by atoms with Crippen LogP contribution in [0, 0.1) is 5.41 Å². The summed E-state index contributed by atoms with van der Waals surface area (Å²) in [5.74, 6) is -0.0318. The molecule has 26 heavy (non-hydrogen) atoms. The van der Waals surface area contributed by atoms with Crippen molar-refractivity contribution in [3.8, 4) is 0 Å². The van der Waals surface area contributed by atoms with Gasteiger partial charge in [0, 0.05) is 31.0 Å². The second-order valence-electron chi connectivity index (χ2n) is 7.59. The zero-order valence-electron chi connectivity index (χ0n) is 15.2. The van der Waals surface area contributed by atoms with Crippen molar-refractivity contribution < 1.29 is 9.53 Å². The molecule has 138 valence electrons. The fourth-order valence-corrected chi connectivity index (χ4v) is 4.78. The average molecular weight is 355 g/mol. The van der Waals surface area contributed by atoms with Crippen molar-refractivity contribution >= 4 is 16.7 Å². The number of methoxy groups -OCH3 is 1. The smallest absolute Gasteiger partial charge is 0.275 e. The summed E-state index contributed by atoms with van der Waals surface area (Å²) in [5.41, 5.74) is -0.122. The van der Waals surface area contributed by atoms with Gasteiger partial charge in [0.2, 0.25) is 5.91 Å². The monoisotopic (exact) mass is 355 g/mol. The highest BCUT2D eigenvalue weighted by Gasteiger charge is 2.46. The molecule has 1 saturated carbocycles. The number of benzene rings is 1. The van der Waals surface area contributed by atoms with Gasteiger partial charge in [-0.1, -0.05) is 24.6 Å². The lowest BCUT2D eigenvalue weighted by atomic mass is 9.76. The number of rotatable bonds is 3. The Labute approximate surface area is 152 Å². The van der Waals surface area contributed by atoms with Crippen molar-refractivity contribution in [3.63, 3.8) is 0 Å². The third-order valence-corrected chi connectivity index (χ3v) is 6.12. The predicted molar refractivity (Wildman–Crippen MR) is 98.9 cm³/mol. The summed E-state index contributed by atoms with van der Waals surface area (Å²) in [6, 6.07) is 7.34. The molecule has 1 aromatic heterocycles. The first-order chi connectivity index (χ1) is 12.6. The first kappa shape index (κ1) is 17.2. The lowest BCUT2D eigenvalue weighted by Crippen LogP contribution is -2.51. The second kappa shape index (κ2) is 6.83. The van der Waals surface area contributed by atoms with Crippen molar-refractivity contribution in [1.82, 2.24) is 14.7 Å². The molecular formula is C20H25N3O3. The fraction of sp³-hybridized carbons (Fsp3) is 0.550. The molecule has 2 atom stereocenters. The quantitative estimate of drug-likeness (QED) is 0.847. The number of carbonyl (C=O) groups is 1. The highest BCUT2D eigenvalue weighted by atomic mass is 16.5. The zero-order valence-corrected chi connectivity index (χ0v) is 15.2. The molecule has 2 aliphatic rings. The van der Waals surface area contributed by atoms with Gasteiger partial charge < -0.3 is 9.64 Å². The van der Waals surface area contributed by atoms with Gasteiger partial charge >= 0.3 is 0 Å². The Kier molecular flexibility index (Phi) is 4.53. The highest BCUT2D eigenvalue weighted by Crippen LogP contribution is 2.46. The Morgan fingerprint density at radius 3 is 2.96 bits per heavy atom. The summed E-state index contributed by atoms with van der Waals surface area (Å²) >= 11 is 0. The number of nitrogens with zero attached hydrogens (tertiary/aromatic N) is 3. The first-order valence-electron chi connectivity index (χ1n) is 9.38. The summed E-state index contributed by atoms with van der Waals surface area (Å²) < 4.78 is 7.00. The van der Waals surface area contributed by atoms with E-state index in [9.17, 15) is 9.59 Å². The maximum atomic E-state index is 12.9. The summed E-state index contributed by atoms with van der Waals surface area (Å²) in [4.78, 5) is 27.4. The summed E-state index contributed by atoms with van der Waals surface area (Å²) in [5, 5.41) is 5.59. The molecule has 1 aromatic carbocycles. The number of hydrogen-bond acceptors (Lipinski definition) is 4. The van der Waals surface area contributed by atoms with Crippen LogP contribution in [0.5, 0.6) is 0 Å². The van der Waals surface area contributed by atoms with Gasteiger partial charge in [0.25, 0.3) is 5.56 Å². The van der Waals surface area contributed by atoms with E-state index in [1.165, 1.54) is 4.68 Å². The van der Waals surface area contributed by atoms with Crippen molar-refractivity contribution in [2.75, 3.05) is 20.2 Å². The summed E-state index contributed by atoms with van der Waals surface area (Å²) in [6.07, 6.45) is 7.34. The molecule has 6 nitrogen and oxygen atoms in total. The largest absolute Gasteiger partial charge is 0.381 e. The van der Waals surface area contributed by atoms with Crippen molar-refractivity contribution in [1.29, 1.82) is 0 Å². The van der Waals surface area contributed by atoms with Crippen molar-refractivity contribution in [2.45, 2.75) is 44.8 Å². The average Bonchev–Trinajstić information content (AvgIpc) is 3.05. The van der Waals surface area contributed by atoms with Gasteiger partial charge in [0.15, 0.2) is 0 Å². The molecule has 0 radical (unpaired) electrons. The van der Waals surface area contributed by atoms with E-state index in [1.807, 2.05) is 23.1 Å². The number of fused-ring (bicyclic) bond motifs is 1. The molecule has 1 amide bonds. The summed E-state index contributed by atoms with van der Waals surface area (Å²) in [6.45, 7) is 1.48. The molecule has 0 bridgehead atoms. The number of amides is 1. The van der Waals surface area contributed by atoms with Gasteiger partial charge in [0.05, 0.1) is 17.7 Å². The van der Waals surface area contributed by atoms with Crippen LogP contribution in [0.1, 0.15) is 32.1 Å². The van der Waals surface area contributed by atoms with Crippen LogP contribution in [0.15, 0.2) is 35.3 Å². The van der Waals surface area contributed by atoms with E-state index in [0.29, 0.717) is 5.39 Å². The van der Waals surface area contributed by atoms with E-state index in [1.54, 1.807) is 19.4 Å². The van der Waals surface area contributed by atoms with Crippen LogP contribution in [0.4, 0.5) is 0 Å². The minimum atomic E-state index is -0.209. The third kappa shape index (κ3) is 2.92. The number of ether oxygens (including phenoxy) is 1. The molecule has 2 aromatic rings. The minimum absolute atomic E-state index is 0.00258. The molecule has 1 saturated heterocycles. The Bertz CT molecular complexity index is 878. The van der Waals surface area contributed by atoms with Gasteiger partial charge in [-0.15, -0.1) is 0 Å². The molecule has 2 fully saturated rings. The van der Waals surface area contributed by atoms with Gasteiger partial charge in [-0.05, 0) is 31.7 Å². The van der Waals surface area contributed by atoms with Crippen LogP contribution in [-0.4, -0.2) is 46.9 Å². The van der Waals surface area contributed by atoms with Crippen molar-refractivity contribution in [2.24, 2.45) is 5.41 Å². The van der Waals surface area contributed by atoms with Crippen molar-refractivity contribution in [3.05, 3.63) is 40.8 Å². The predicted octanol–water partition coefficient (Wildman–Crippen LogP) is 2.20. The van der Waals surface area contributed by atoms with Crippen LogP contribution in [0.3, 0.4) is 0 Å². The Morgan fingerprint density at radius 2 is 2.12 bits per heavy atom. The molecule has 1 aliphatic carbocycles. The Balaban J connectivity index is 1.53. The highest BCUT2D eigenvalue weighted by molar-refractivity contribution is 5.81. The number of likely N-dealkylation sites (tertiary alicyclic amines) is 1. The Hall–Kier alpha value is -2.21. The maximum absolute atomic E-state index is 12.9. The summed E-state index contributed by atoms with van der Waals surface area (Å²) in [7, 11) is 1.77. The van der Waals surface area contributed by atoms with E-state index in [-0.39, 0.29) is 29.5 Å². The van der Waals surface area contributed by atoms with E-state index in [2.05, 4.69) is 5.10 Å². The molecule has 1 aliphatic heterocycles. The maximum Gasteiger partial charge on any atom is 0.275 e. The lowest BCUT2D eigenvalue weighted by Gasteiger charge is -2.43. The van der Waals surface area contributed by atoms with E-state index in [4.69, 9.17) is 4.74 Å². The fourth-order valence-electron chi connectivity index (χ4n) is 4.78. The normalized spacial score (nSPS) is 25.9. The SMILES string of the molecule is CO[C@@H]1CCC[C@@]12CCCN(C(=O)Cn1ncc3ccccc3c1=O)C2. The number of carbonyl (C=O) groups excluding carboxylic acids is 1. The molecule has 0 unspecified atom stereocenters. The third-order valence-electron chi connectivity index (χ3n) is 6.12. The van der Waals surface area contributed by atoms with Gasteiger partial charge in [0.1, 0.15) is 6.54 Å². The van der Waals surface area contributed by atoms with Crippen LogP contribution < -0.4 is 5.56 Å². The number of aromatic nitrogens is 2. The molecule has 1 spiro atoms. The lowest BCUT2D eigenvalue weighted by molar-refractivity contribution is -0.138. The standard InChI is InChI=1S/C20H25N3O3/c1-26-17-8-4-9-20(17)10-5-11-22(14-20)18(24)13-23-19(25)16-7-3-2-6-15(16)12-21-23/h2-3,6-7,12,17H,4-5,8-11,13-14H2,1H3/t17-,20+/m1/s1. The van der Waals surface area contributed by atoms with E-state index >= 15 is 0 Å². The zero-order chi connectivity index (χ0) is 18.1. The van der Waals surface area contributed by atoms with Gasteiger partial charge in [-0.3, -0.25) is 9.59 Å². The minimum Gasteiger partial charge on any atom is -0.381 e. The topological polar surface area (TPSA) is 64.4 Å². The molecule has 6 heteroatoms. The first-order valence-corrected chi connectivity index (χ1v) is 9.38. The van der Waals surface area contributed by atoms with Crippen LogP contribution in [0.25, 0.3) is 10.8 Å². The molecule has 0 N–H and O–H groups in total. The Morgan fingerprint density at radius 1 is 1.31 bits per heavy atom. The number of piperidine rings is 1. The molecule has 2 heterocycles. The van der Waals surface area contributed by atoms with E-state index in [0.717, 1.165) is 50.6 Å². The van der Waals surface area contributed by atoms with Crippen LogP contribution >= 0.6 is 0 Å².